The fraction of sp³-hybridized carbons (Fsp3) is 0.176. The second-order valence-electron chi connectivity index (χ2n) is 5.30. The van der Waals surface area contributed by atoms with Crippen LogP contribution in [0.3, 0.4) is 0 Å². The van der Waals surface area contributed by atoms with Crippen LogP contribution < -0.4 is 10.1 Å². The molecule has 27 heavy (non-hydrogen) atoms. The lowest BCUT2D eigenvalue weighted by Gasteiger charge is -2.15. The lowest BCUT2D eigenvalue weighted by atomic mass is 10.1. The summed E-state index contributed by atoms with van der Waals surface area (Å²) in [5.41, 5.74) is -0.234. The number of ether oxygens (including phenoxy) is 2. The molecule has 0 bridgehead atoms. The minimum atomic E-state index is -1.21. The summed E-state index contributed by atoms with van der Waals surface area (Å²) in [6.07, 6.45) is -1.21. The van der Waals surface area contributed by atoms with Gasteiger partial charge in [0.1, 0.15) is 11.3 Å². The lowest BCUT2D eigenvalue weighted by Crippen LogP contribution is -2.30. The number of hydrogen-bond acceptors (Lipinski definition) is 6. The Balaban J connectivity index is 2.15. The van der Waals surface area contributed by atoms with Crippen LogP contribution in [0.1, 0.15) is 17.3 Å². The summed E-state index contributed by atoms with van der Waals surface area (Å²) in [6.45, 7) is 1.34. The largest absolute Gasteiger partial charge is 0.496 e. The van der Waals surface area contributed by atoms with E-state index in [0.717, 1.165) is 6.07 Å². The molecule has 2 rings (SSSR count). The number of carbonyl (C=O) groups is 2. The van der Waals surface area contributed by atoms with Crippen molar-refractivity contribution < 1.29 is 24.0 Å². The van der Waals surface area contributed by atoms with Crippen LogP contribution in [0.15, 0.2) is 36.4 Å². The second-order valence-corrected chi connectivity index (χ2v) is 6.15. The lowest BCUT2D eigenvalue weighted by molar-refractivity contribution is -0.384. The predicted octanol–water partition coefficient (Wildman–Crippen LogP) is 4.09. The zero-order valence-corrected chi connectivity index (χ0v) is 15.7. The summed E-state index contributed by atoms with van der Waals surface area (Å²) in [5, 5.41) is 14.0. The van der Waals surface area contributed by atoms with Crippen LogP contribution in [0, 0.1) is 10.1 Å². The van der Waals surface area contributed by atoms with Gasteiger partial charge in [-0.3, -0.25) is 14.9 Å². The van der Waals surface area contributed by atoms with Crippen molar-refractivity contribution in [2.24, 2.45) is 0 Å². The van der Waals surface area contributed by atoms with Gasteiger partial charge in [0, 0.05) is 17.2 Å². The van der Waals surface area contributed by atoms with E-state index in [4.69, 9.17) is 32.7 Å². The van der Waals surface area contributed by atoms with Crippen molar-refractivity contribution in [3.05, 3.63) is 62.1 Å². The van der Waals surface area contributed by atoms with Crippen molar-refractivity contribution in [3.8, 4) is 5.75 Å². The van der Waals surface area contributed by atoms with Gasteiger partial charge in [0.05, 0.1) is 22.7 Å². The summed E-state index contributed by atoms with van der Waals surface area (Å²) < 4.78 is 10.1. The fourth-order valence-electron chi connectivity index (χ4n) is 2.07. The number of carbonyl (C=O) groups excluding carboxylic acids is 2. The van der Waals surface area contributed by atoms with Crippen molar-refractivity contribution in [2.75, 3.05) is 12.4 Å². The number of non-ortho nitro benzene ring substituents is 1. The van der Waals surface area contributed by atoms with Gasteiger partial charge in [-0.1, -0.05) is 23.2 Å². The highest BCUT2D eigenvalue weighted by Gasteiger charge is 2.24. The second kappa shape index (κ2) is 8.70. The zero-order valence-electron chi connectivity index (χ0n) is 14.2. The van der Waals surface area contributed by atoms with E-state index >= 15 is 0 Å². The number of esters is 1. The average molecular weight is 413 g/mol. The Morgan fingerprint density at radius 1 is 1.19 bits per heavy atom. The molecular weight excluding hydrogens is 399 g/mol. The highest BCUT2D eigenvalue weighted by molar-refractivity contribution is 6.35. The van der Waals surface area contributed by atoms with Gasteiger partial charge in [0.15, 0.2) is 6.10 Å². The van der Waals surface area contributed by atoms with Gasteiger partial charge < -0.3 is 14.8 Å². The molecule has 0 saturated carbocycles. The van der Waals surface area contributed by atoms with Crippen LogP contribution in [-0.4, -0.2) is 30.0 Å². The molecule has 0 unspecified atom stereocenters. The fourth-order valence-corrected chi connectivity index (χ4v) is 2.41. The summed E-state index contributed by atoms with van der Waals surface area (Å²) in [6, 6.07) is 7.97. The molecule has 0 aliphatic heterocycles. The molecule has 8 nitrogen and oxygen atoms in total. The maximum atomic E-state index is 12.3. The first kappa shape index (κ1) is 20.5. The van der Waals surface area contributed by atoms with Crippen LogP contribution in [0.2, 0.25) is 10.0 Å². The normalized spacial score (nSPS) is 11.4. The van der Waals surface area contributed by atoms with Crippen LogP contribution >= 0.6 is 23.2 Å². The molecular formula is C17H14Cl2N2O6. The first-order valence-corrected chi connectivity index (χ1v) is 8.28. The van der Waals surface area contributed by atoms with Crippen LogP contribution in [0.25, 0.3) is 0 Å². The summed E-state index contributed by atoms with van der Waals surface area (Å²) in [5.74, 6) is -1.52. The summed E-state index contributed by atoms with van der Waals surface area (Å²) >= 11 is 11.8. The van der Waals surface area contributed by atoms with Gasteiger partial charge in [-0.15, -0.1) is 0 Å². The Labute approximate surface area is 164 Å². The van der Waals surface area contributed by atoms with Crippen LogP contribution in [0.5, 0.6) is 5.75 Å². The molecule has 10 heteroatoms. The van der Waals surface area contributed by atoms with Crippen molar-refractivity contribution in [2.45, 2.75) is 13.0 Å². The first-order valence-electron chi connectivity index (χ1n) is 7.52. The highest BCUT2D eigenvalue weighted by Crippen LogP contribution is 2.27. The van der Waals surface area contributed by atoms with E-state index in [1.54, 1.807) is 6.07 Å². The van der Waals surface area contributed by atoms with Gasteiger partial charge in [0.25, 0.3) is 11.6 Å². The topological polar surface area (TPSA) is 108 Å². The Morgan fingerprint density at radius 2 is 1.89 bits per heavy atom. The Bertz CT molecular complexity index is 903. The number of nitro groups is 1. The molecule has 0 aliphatic rings. The summed E-state index contributed by atoms with van der Waals surface area (Å²) in [4.78, 5) is 34.8. The van der Waals surface area contributed by atoms with E-state index in [-0.39, 0.29) is 27.7 Å². The number of anilines is 1. The van der Waals surface area contributed by atoms with Crippen LogP contribution in [0.4, 0.5) is 11.4 Å². The molecule has 142 valence electrons. The highest BCUT2D eigenvalue weighted by atomic mass is 35.5. The van der Waals surface area contributed by atoms with E-state index in [1.807, 2.05) is 0 Å². The average Bonchev–Trinajstić information content (AvgIpc) is 2.63. The number of methoxy groups -OCH3 is 1. The van der Waals surface area contributed by atoms with Crippen molar-refractivity contribution in [1.29, 1.82) is 0 Å². The van der Waals surface area contributed by atoms with E-state index in [9.17, 15) is 19.7 Å². The maximum absolute atomic E-state index is 12.3. The zero-order chi connectivity index (χ0) is 20.1. The van der Waals surface area contributed by atoms with Gasteiger partial charge in [-0.25, -0.2) is 4.79 Å². The van der Waals surface area contributed by atoms with Crippen molar-refractivity contribution >= 4 is 46.5 Å². The number of hydrogen-bond donors (Lipinski definition) is 1. The number of nitrogens with zero attached hydrogens (tertiary/aromatic N) is 1. The SMILES string of the molecule is COc1ccc([N+](=O)[O-])cc1C(=O)O[C@@H](C)C(=O)Nc1cc(Cl)ccc1Cl. The maximum Gasteiger partial charge on any atom is 0.342 e. The van der Waals surface area contributed by atoms with Crippen LogP contribution in [-0.2, 0) is 9.53 Å². The molecule has 2 aromatic rings. The predicted molar refractivity (Wildman–Crippen MR) is 99.6 cm³/mol. The Hall–Kier alpha value is -2.84. The molecule has 0 aromatic heterocycles. The third-order valence-electron chi connectivity index (χ3n) is 3.45. The monoisotopic (exact) mass is 412 g/mol. The molecule has 0 heterocycles. The summed E-state index contributed by atoms with van der Waals surface area (Å²) in [7, 11) is 1.30. The third-order valence-corrected chi connectivity index (χ3v) is 4.02. The molecule has 0 saturated heterocycles. The van der Waals surface area contributed by atoms with Gasteiger partial charge in [-0.2, -0.15) is 0 Å². The number of benzene rings is 2. The van der Waals surface area contributed by atoms with E-state index in [0.29, 0.717) is 5.02 Å². The van der Waals surface area contributed by atoms with E-state index in [2.05, 4.69) is 5.32 Å². The number of nitrogens with one attached hydrogen (secondary N) is 1. The number of nitro benzene ring substituents is 1. The van der Waals surface area contributed by atoms with Gasteiger partial charge >= 0.3 is 5.97 Å². The van der Waals surface area contributed by atoms with Gasteiger partial charge in [0.2, 0.25) is 0 Å². The first-order chi connectivity index (χ1) is 12.7. The molecule has 1 N–H and O–H groups in total. The minimum absolute atomic E-state index is 0.0797. The minimum Gasteiger partial charge on any atom is -0.496 e. The van der Waals surface area contributed by atoms with E-state index in [1.165, 1.54) is 38.3 Å². The molecule has 0 fully saturated rings. The smallest absolute Gasteiger partial charge is 0.342 e. The number of amides is 1. The molecule has 2 aromatic carbocycles. The van der Waals surface area contributed by atoms with Crippen molar-refractivity contribution in [3.63, 3.8) is 0 Å². The van der Waals surface area contributed by atoms with E-state index < -0.39 is 22.9 Å². The molecule has 1 atom stereocenters. The molecule has 0 radical (unpaired) electrons. The molecule has 0 aliphatic carbocycles. The standard InChI is InChI=1S/C17H14Cl2N2O6/c1-9(16(22)20-14-7-10(18)3-5-13(14)19)27-17(23)12-8-11(21(24)25)4-6-15(12)26-2/h3-9H,1-2H3,(H,20,22)/t9-/m0/s1. The number of rotatable bonds is 6. The quantitative estimate of drug-likeness (QED) is 0.434. The third kappa shape index (κ3) is 5.08. The Kier molecular flexibility index (Phi) is 6.59. The Morgan fingerprint density at radius 3 is 2.52 bits per heavy atom. The number of halogens is 2. The van der Waals surface area contributed by atoms with Crippen molar-refractivity contribution in [1.82, 2.24) is 0 Å². The van der Waals surface area contributed by atoms with Gasteiger partial charge in [-0.05, 0) is 31.2 Å². The molecule has 0 spiro atoms. The molecule has 1 amide bonds.